The minimum absolute atomic E-state index is 0. The Kier molecular flexibility index (Phi) is 7.76. The van der Waals surface area contributed by atoms with Gasteiger partial charge >= 0.3 is 0 Å². The number of fused-ring (bicyclic) bond motifs is 1. The fourth-order valence-electron chi connectivity index (χ4n) is 2.74. The van der Waals surface area contributed by atoms with E-state index in [0.717, 1.165) is 42.2 Å². The molecular weight excluding hydrogens is 441 g/mol. The number of para-hydroxylation sites is 1. The maximum atomic E-state index is 4.40. The van der Waals surface area contributed by atoms with Crippen LogP contribution in [-0.4, -0.2) is 39.3 Å². The van der Waals surface area contributed by atoms with E-state index in [9.17, 15) is 0 Å². The Bertz CT molecular complexity index is 854. The Hall–Kier alpha value is -2.23. The van der Waals surface area contributed by atoms with Gasteiger partial charge in [-0.25, -0.2) is 0 Å². The number of halogens is 1. The summed E-state index contributed by atoms with van der Waals surface area (Å²) in [5.74, 6) is 1.76. The number of rotatable bonds is 6. The van der Waals surface area contributed by atoms with Crippen molar-refractivity contribution in [2.24, 2.45) is 4.99 Å². The first-order valence-electron chi connectivity index (χ1n) is 8.45. The van der Waals surface area contributed by atoms with Crippen LogP contribution in [0.1, 0.15) is 18.3 Å². The molecule has 3 aromatic rings. The lowest BCUT2D eigenvalue weighted by Crippen LogP contribution is -2.38. The van der Waals surface area contributed by atoms with E-state index in [1.54, 1.807) is 13.4 Å². The van der Waals surface area contributed by atoms with Gasteiger partial charge in [-0.15, -0.1) is 34.2 Å². The molecule has 0 atom stereocenters. The van der Waals surface area contributed by atoms with Crippen LogP contribution in [0.3, 0.4) is 0 Å². The number of hydrogen-bond acceptors (Lipinski definition) is 4. The van der Waals surface area contributed by atoms with Gasteiger partial charge in [0, 0.05) is 44.7 Å². The highest BCUT2D eigenvalue weighted by Gasteiger charge is 2.04. The third-order valence-corrected chi connectivity index (χ3v) is 4.07. The molecule has 3 rings (SSSR count). The molecule has 26 heavy (non-hydrogen) atoms. The van der Waals surface area contributed by atoms with Crippen LogP contribution < -0.4 is 10.6 Å². The minimum Gasteiger partial charge on any atom is -0.355 e. The average molecular weight is 465 g/mol. The summed E-state index contributed by atoms with van der Waals surface area (Å²) in [6, 6.07) is 10.2. The number of benzene rings is 1. The lowest BCUT2D eigenvalue weighted by atomic mass is 10.1. The van der Waals surface area contributed by atoms with E-state index >= 15 is 0 Å². The van der Waals surface area contributed by atoms with Crippen LogP contribution in [0.15, 0.2) is 47.8 Å². The van der Waals surface area contributed by atoms with Gasteiger partial charge in [-0.1, -0.05) is 25.1 Å². The van der Waals surface area contributed by atoms with Crippen LogP contribution >= 0.6 is 24.0 Å². The molecule has 0 radical (unpaired) electrons. The molecule has 8 heteroatoms. The lowest BCUT2D eigenvalue weighted by molar-refractivity contribution is 0.632. The van der Waals surface area contributed by atoms with E-state index in [2.05, 4.69) is 48.4 Å². The summed E-state index contributed by atoms with van der Waals surface area (Å²) in [4.78, 5) is 8.68. The largest absolute Gasteiger partial charge is 0.355 e. The molecule has 2 N–H and O–H groups in total. The van der Waals surface area contributed by atoms with Crippen molar-refractivity contribution in [1.82, 2.24) is 30.4 Å². The highest BCUT2D eigenvalue weighted by atomic mass is 127. The number of pyridine rings is 1. The molecule has 1 aromatic carbocycles. The Morgan fingerprint density at radius 2 is 2.04 bits per heavy atom. The summed E-state index contributed by atoms with van der Waals surface area (Å²) < 4.78 is 2.05. The van der Waals surface area contributed by atoms with E-state index < -0.39 is 0 Å². The third-order valence-electron chi connectivity index (χ3n) is 4.07. The summed E-state index contributed by atoms with van der Waals surface area (Å²) >= 11 is 0. The van der Waals surface area contributed by atoms with E-state index in [1.165, 1.54) is 5.56 Å². The average Bonchev–Trinajstić information content (AvgIpc) is 3.12. The smallest absolute Gasteiger partial charge is 0.191 e. The fraction of sp³-hybridized carbons (Fsp3) is 0.333. The Morgan fingerprint density at radius 3 is 2.85 bits per heavy atom. The van der Waals surface area contributed by atoms with Gasteiger partial charge in [0.2, 0.25) is 0 Å². The number of guanidine groups is 1. The summed E-state index contributed by atoms with van der Waals surface area (Å²) in [6.45, 7) is 4.32. The van der Waals surface area contributed by atoms with Crippen molar-refractivity contribution < 1.29 is 0 Å². The molecule has 138 valence electrons. The molecule has 0 saturated heterocycles. The second-order valence-corrected chi connectivity index (χ2v) is 5.63. The first kappa shape index (κ1) is 20.1. The minimum atomic E-state index is 0. The molecule has 0 aliphatic carbocycles. The highest BCUT2D eigenvalue weighted by Crippen LogP contribution is 2.15. The Balaban J connectivity index is 0.00000243. The quantitative estimate of drug-likeness (QED) is 0.332. The number of hydrogen-bond donors (Lipinski definition) is 2. The van der Waals surface area contributed by atoms with Gasteiger partial charge in [0.25, 0.3) is 0 Å². The summed E-state index contributed by atoms with van der Waals surface area (Å²) in [5.41, 5.74) is 2.20. The van der Waals surface area contributed by atoms with Crippen LogP contribution in [-0.2, 0) is 19.5 Å². The van der Waals surface area contributed by atoms with Crippen molar-refractivity contribution in [3.05, 3.63) is 54.2 Å². The monoisotopic (exact) mass is 465 g/mol. The van der Waals surface area contributed by atoms with Crippen LogP contribution in [0, 0.1) is 0 Å². The van der Waals surface area contributed by atoms with Crippen LogP contribution in [0.5, 0.6) is 0 Å². The zero-order valence-corrected chi connectivity index (χ0v) is 17.3. The molecular formula is C18H24IN7. The van der Waals surface area contributed by atoms with Crippen molar-refractivity contribution in [1.29, 1.82) is 0 Å². The van der Waals surface area contributed by atoms with Gasteiger partial charge in [0.05, 0.1) is 5.52 Å². The van der Waals surface area contributed by atoms with Crippen LogP contribution in [0.2, 0.25) is 0 Å². The maximum Gasteiger partial charge on any atom is 0.191 e. The number of nitrogens with one attached hydrogen (secondary N) is 2. The number of aliphatic imine (C=N–C) groups is 1. The van der Waals surface area contributed by atoms with Crippen molar-refractivity contribution in [2.45, 2.75) is 26.4 Å². The molecule has 0 fully saturated rings. The third kappa shape index (κ3) is 4.90. The molecule has 7 nitrogen and oxygen atoms in total. The van der Waals surface area contributed by atoms with Gasteiger partial charge in [-0.05, 0) is 17.7 Å². The highest BCUT2D eigenvalue weighted by molar-refractivity contribution is 14.0. The number of nitrogens with zero attached hydrogens (tertiary/aromatic N) is 5. The number of aryl methyl sites for hydroxylation is 1. The predicted molar refractivity (Wildman–Crippen MR) is 115 cm³/mol. The van der Waals surface area contributed by atoms with Crippen LogP contribution in [0.4, 0.5) is 0 Å². The first-order chi connectivity index (χ1) is 12.3. The number of aromatic nitrogens is 4. The zero-order chi connectivity index (χ0) is 17.5. The predicted octanol–water partition coefficient (Wildman–Crippen LogP) is 2.37. The van der Waals surface area contributed by atoms with Crippen LogP contribution in [0.25, 0.3) is 10.9 Å². The van der Waals surface area contributed by atoms with Gasteiger partial charge in [0.1, 0.15) is 12.2 Å². The molecule has 0 bridgehead atoms. The lowest BCUT2D eigenvalue weighted by Gasteiger charge is -2.13. The molecule has 0 amide bonds. The van der Waals surface area contributed by atoms with Gasteiger partial charge in [-0.3, -0.25) is 9.98 Å². The molecule has 0 saturated carbocycles. The molecule has 2 heterocycles. The van der Waals surface area contributed by atoms with Crippen molar-refractivity contribution in [3.63, 3.8) is 0 Å². The van der Waals surface area contributed by atoms with Gasteiger partial charge < -0.3 is 15.2 Å². The SMILES string of the molecule is CCc1nncn1CCNC(=NC)NCc1ccnc2ccccc12.I. The van der Waals surface area contributed by atoms with Crippen molar-refractivity contribution in [3.8, 4) is 0 Å². The molecule has 0 spiro atoms. The van der Waals surface area contributed by atoms with Crippen molar-refractivity contribution >= 4 is 40.8 Å². The van der Waals surface area contributed by atoms with E-state index in [1.807, 2.05) is 30.5 Å². The molecule has 0 aliphatic heterocycles. The standard InChI is InChI=1S/C18H23N7.HI/c1-3-17-24-23-13-25(17)11-10-21-18(19-2)22-12-14-8-9-20-16-7-5-4-6-15(14)16;/h4-9,13H,3,10-12H2,1-2H3,(H2,19,21,22);1H. The Labute approximate surface area is 170 Å². The summed E-state index contributed by atoms with van der Waals surface area (Å²) in [7, 11) is 1.77. The molecule has 0 unspecified atom stereocenters. The molecule has 0 aliphatic rings. The topological polar surface area (TPSA) is 80.0 Å². The fourth-order valence-corrected chi connectivity index (χ4v) is 2.74. The van der Waals surface area contributed by atoms with Gasteiger partial charge in [0.15, 0.2) is 5.96 Å². The van der Waals surface area contributed by atoms with Gasteiger partial charge in [-0.2, -0.15) is 0 Å². The second kappa shape index (κ2) is 10.0. The summed E-state index contributed by atoms with van der Waals surface area (Å²) in [6.07, 6.45) is 4.48. The second-order valence-electron chi connectivity index (χ2n) is 5.63. The van der Waals surface area contributed by atoms with E-state index in [-0.39, 0.29) is 24.0 Å². The zero-order valence-electron chi connectivity index (χ0n) is 15.0. The Morgan fingerprint density at radius 1 is 1.19 bits per heavy atom. The normalized spacial score (nSPS) is 11.2. The maximum absolute atomic E-state index is 4.40. The van der Waals surface area contributed by atoms with E-state index in [4.69, 9.17) is 0 Å². The van der Waals surface area contributed by atoms with Crippen molar-refractivity contribution in [2.75, 3.05) is 13.6 Å². The molecule has 2 aromatic heterocycles. The summed E-state index contributed by atoms with van der Waals surface area (Å²) in [5, 5.41) is 15.9. The first-order valence-corrected chi connectivity index (χ1v) is 8.45. The van der Waals surface area contributed by atoms with E-state index in [0.29, 0.717) is 6.54 Å².